The van der Waals surface area contributed by atoms with E-state index in [-0.39, 0.29) is 10.6 Å². The Labute approximate surface area is 89.1 Å². The van der Waals surface area contributed by atoms with E-state index in [0.717, 1.165) is 6.26 Å². The maximum atomic E-state index is 11.2. The van der Waals surface area contributed by atoms with Crippen molar-refractivity contribution in [3.05, 3.63) is 23.8 Å². The molecule has 1 aromatic rings. The lowest BCUT2D eigenvalue weighted by molar-refractivity contribution is 0.194. The van der Waals surface area contributed by atoms with Crippen molar-refractivity contribution in [3.63, 3.8) is 0 Å². The van der Waals surface area contributed by atoms with E-state index < -0.39 is 15.9 Å². The third-order valence-corrected chi connectivity index (χ3v) is 3.11. The fourth-order valence-corrected chi connectivity index (χ4v) is 1.91. The predicted molar refractivity (Wildman–Crippen MR) is 56.6 cm³/mol. The molecule has 2 N–H and O–H groups in total. The number of hydrogen-bond acceptors (Lipinski definition) is 4. The van der Waals surface area contributed by atoms with Crippen LogP contribution in [0.15, 0.2) is 23.1 Å². The molecule has 15 heavy (non-hydrogen) atoms. The quantitative estimate of drug-likeness (QED) is 0.802. The van der Waals surface area contributed by atoms with Gasteiger partial charge in [0.15, 0.2) is 9.84 Å². The van der Waals surface area contributed by atoms with Crippen LogP contribution in [0.1, 0.15) is 12.5 Å². The van der Waals surface area contributed by atoms with Crippen LogP contribution in [0.5, 0.6) is 5.75 Å². The summed E-state index contributed by atoms with van der Waals surface area (Å²) >= 11 is 0. The third kappa shape index (κ3) is 3.21. The van der Waals surface area contributed by atoms with Gasteiger partial charge in [-0.1, -0.05) is 6.07 Å². The van der Waals surface area contributed by atoms with Crippen LogP contribution in [0.25, 0.3) is 0 Å². The minimum Gasteiger partial charge on any atom is -0.508 e. The van der Waals surface area contributed by atoms with Gasteiger partial charge in [-0.15, -0.1) is 0 Å². The van der Waals surface area contributed by atoms with Gasteiger partial charge in [0.25, 0.3) is 0 Å². The van der Waals surface area contributed by atoms with Crippen LogP contribution in [0.4, 0.5) is 0 Å². The Bertz CT molecular complexity index is 448. The molecule has 0 aliphatic carbocycles. The normalized spacial score (nSPS) is 13.8. The summed E-state index contributed by atoms with van der Waals surface area (Å²) in [6.07, 6.45) is 0.811. The zero-order valence-electron chi connectivity index (χ0n) is 8.64. The zero-order valence-corrected chi connectivity index (χ0v) is 9.45. The topological polar surface area (TPSA) is 74.6 Å². The number of aromatic hydroxyl groups is 1. The predicted octanol–water partition coefficient (Wildman–Crippen LogP) is 0.719. The van der Waals surface area contributed by atoms with E-state index in [9.17, 15) is 13.5 Å². The van der Waals surface area contributed by atoms with Crippen molar-refractivity contribution in [2.75, 3.05) is 6.26 Å². The van der Waals surface area contributed by atoms with Crippen LogP contribution < -0.4 is 0 Å². The minimum atomic E-state index is -3.29. The summed E-state index contributed by atoms with van der Waals surface area (Å²) in [4.78, 5) is 0.0781. The van der Waals surface area contributed by atoms with E-state index in [1.165, 1.54) is 18.2 Å². The number of hydrogen-bond donors (Lipinski definition) is 2. The van der Waals surface area contributed by atoms with Crippen molar-refractivity contribution in [1.82, 2.24) is 0 Å². The second-order valence-electron chi connectivity index (χ2n) is 3.62. The monoisotopic (exact) mass is 230 g/mol. The minimum absolute atomic E-state index is 0.0781. The highest BCUT2D eigenvalue weighted by molar-refractivity contribution is 7.90. The van der Waals surface area contributed by atoms with Gasteiger partial charge < -0.3 is 10.2 Å². The van der Waals surface area contributed by atoms with Crippen LogP contribution in [0.2, 0.25) is 0 Å². The Morgan fingerprint density at radius 3 is 2.40 bits per heavy atom. The summed E-state index contributed by atoms with van der Waals surface area (Å²) in [5.74, 6) is -0.0983. The molecule has 1 rings (SSSR count). The molecule has 1 atom stereocenters. The van der Waals surface area contributed by atoms with Crippen molar-refractivity contribution in [2.24, 2.45) is 0 Å². The van der Waals surface area contributed by atoms with E-state index >= 15 is 0 Å². The van der Waals surface area contributed by atoms with Gasteiger partial charge in [0.05, 0.1) is 11.0 Å². The lowest BCUT2D eigenvalue weighted by atomic mass is 10.1. The maximum absolute atomic E-state index is 11.2. The van der Waals surface area contributed by atoms with Gasteiger partial charge in [0, 0.05) is 12.7 Å². The fourth-order valence-electron chi connectivity index (χ4n) is 1.27. The first kappa shape index (κ1) is 12.0. The molecule has 84 valence electrons. The molecular weight excluding hydrogens is 216 g/mol. The third-order valence-electron chi connectivity index (χ3n) is 2.00. The van der Waals surface area contributed by atoms with Crippen molar-refractivity contribution < 1.29 is 18.6 Å². The van der Waals surface area contributed by atoms with Crippen LogP contribution in [-0.2, 0) is 16.3 Å². The van der Waals surface area contributed by atoms with Gasteiger partial charge >= 0.3 is 0 Å². The highest BCUT2D eigenvalue weighted by atomic mass is 32.2. The van der Waals surface area contributed by atoms with E-state index in [1.54, 1.807) is 6.92 Å². The van der Waals surface area contributed by atoms with E-state index in [1.807, 2.05) is 0 Å². The summed E-state index contributed by atoms with van der Waals surface area (Å²) in [7, 11) is -3.29. The molecule has 1 unspecified atom stereocenters. The summed E-state index contributed by atoms with van der Waals surface area (Å²) < 4.78 is 22.3. The van der Waals surface area contributed by atoms with Gasteiger partial charge in [0.1, 0.15) is 5.75 Å². The molecule has 0 aliphatic heterocycles. The molecule has 0 amide bonds. The molecule has 0 aromatic heterocycles. The number of sulfone groups is 1. The van der Waals surface area contributed by atoms with Crippen molar-refractivity contribution in [2.45, 2.75) is 24.3 Å². The van der Waals surface area contributed by atoms with Crippen molar-refractivity contribution >= 4 is 9.84 Å². The SMILES string of the molecule is CC(O)Cc1ccc(S(C)(=O)=O)cc1O. The molecule has 1 aromatic carbocycles. The largest absolute Gasteiger partial charge is 0.508 e. The molecule has 0 saturated carbocycles. The van der Waals surface area contributed by atoms with Crippen molar-refractivity contribution in [3.8, 4) is 5.75 Å². The van der Waals surface area contributed by atoms with Gasteiger partial charge in [-0.05, 0) is 24.6 Å². The number of phenolic OH excluding ortho intramolecular Hbond substituents is 1. The van der Waals surface area contributed by atoms with Gasteiger partial charge in [-0.3, -0.25) is 0 Å². The molecule has 4 nitrogen and oxygen atoms in total. The Balaban J connectivity index is 3.09. The zero-order chi connectivity index (χ0) is 11.6. The standard InChI is InChI=1S/C10H14O4S/c1-7(11)5-8-3-4-9(6-10(8)12)15(2,13)14/h3-4,6-7,11-12H,5H2,1-2H3. The highest BCUT2D eigenvalue weighted by Crippen LogP contribution is 2.22. The molecule has 0 bridgehead atoms. The second kappa shape index (κ2) is 4.20. The number of phenols is 1. The first-order chi connectivity index (χ1) is 6.80. The molecule has 0 fully saturated rings. The number of aliphatic hydroxyl groups is 1. The first-order valence-corrected chi connectivity index (χ1v) is 6.40. The Hall–Kier alpha value is -1.07. The van der Waals surface area contributed by atoms with E-state index in [2.05, 4.69) is 0 Å². The van der Waals surface area contributed by atoms with Gasteiger partial charge in [-0.2, -0.15) is 0 Å². The molecule has 0 saturated heterocycles. The van der Waals surface area contributed by atoms with Crippen molar-refractivity contribution in [1.29, 1.82) is 0 Å². The average molecular weight is 230 g/mol. The Morgan fingerprint density at radius 2 is 2.00 bits per heavy atom. The smallest absolute Gasteiger partial charge is 0.175 e. The maximum Gasteiger partial charge on any atom is 0.175 e. The van der Waals surface area contributed by atoms with Crippen LogP contribution in [-0.4, -0.2) is 31.0 Å². The number of aliphatic hydroxyl groups excluding tert-OH is 1. The molecule has 0 heterocycles. The van der Waals surface area contributed by atoms with Crippen LogP contribution >= 0.6 is 0 Å². The average Bonchev–Trinajstić information content (AvgIpc) is 2.05. The molecule has 0 radical (unpaired) electrons. The highest BCUT2D eigenvalue weighted by Gasteiger charge is 2.11. The lowest BCUT2D eigenvalue weighted by Crippen LogP contribution is -2.05. The van der Waals surface area contributed by atoms with Crippen LogP contribution in [0.3, 0.4) is 0 Å². The van der Waals surface area contributed by atoms with E-state index in [4.69, 9.17) is 5.11 Å². The summed E-state index contributed by atoms with van der Waals surface area (Å²) in [6.45, 7) is 1.60. The van der Waals surface area contributed by atoms with Gasteiger partial charge in [0.2, 0.25) is 0 Å². The van der Waals surface area contributed by atoms with Crippen LogP contribution in [0, 0.1) is 0 Å². The first-order valence-electron chi connectivity index (χ1n) is 4.50. The molecular formula is C10H14O4S. The fraction of sp³-hybridized carbons (Fsp3) is 0.400. The summed E-state index contributed by atoms with van der Waals surface area (Å²) in [5, 5.41) is 18.7. The molecule has 5 heteroatoms. The summed E-state index contributed by atoms with van der Waals surface area (Å²) in [6, 6.07) is 4.14. The molecule has 0 spiro atoms. The Kier molecular flexibility index (Phi) is 3.36. The second-order valence-corrected chi connectivity index (χ2v) is 5.63. The number of rotatable bonds is 3. The van der Waals surface area contributed by atoms with Gasteiger partial charge in [-0.25, -0.2) is 8.42 Å². The summed E-state index contributed by atoms with van der Waals surface area (Å²) in [5.41, 5.74) is 0.539. The Morgan fingerprint density at radius 1 is 1.40 bits per heavy atom. The lowest BCUT2D eigenvalue weighted by Gasteiger charge is -2.08. The van der Waals surface area contributed by atoms with E-state index in [0.29, 0.717) is 12.0 Å². The molecule has 0 aliphatic rings. The number of benzene rings is 1.